The quantitative estimate of drug-likeness (QED) is 0.941. The van der Waals surface area contributed by atoms with Crippen molar-refractivity contribution in [2.75, 3.05) is 38.2 Å². The summed E-state index contributed by atoms with van der Waals surface area (Å²) in [6.07, 6.45) is 0. The van der Waals surface area contributed by atoms with E-state index in [-0.39, 0.29) is 11.6 Å². The molecule has 23 heavy (non-hydrogen) atoms. The molecule has 4 nitrogen and oxygen atoms in total. The molecular formula is C18H21FN2O2. The van der Waals surface area contributed by atoms with E-state index in [9.17, 15) is 9.50 Å². The lowest BCUT2D eigenvalue weighted by molar-refractivity contribution is 0.249. The zero-order valence-electron chi connectivity index (χ0n) is 13.2. The molecule has 0 radical (unpaired) electrons. The Bertz CT molecular complexity index is 653. The molecular weight excluding hydrogens is 295 g/mol. The second-order valence-corrected chi connectivity index (χ2v) is 5.75. The van der Waals surface area contributed by atoms with Crippen LogP contribution in [-0.2, 0) is 6.54 Å². The van der Waals surface area contributed by atoms with Gasteiger partial charge in [-0.15, -0.1) is 0 Å². The maximum atomic E-state index is 13.0. The lowest BCUT2D eigenvalue weighted by Gasteiger charge is -2.36. The number of nitrogens with zero attached hydrogens (tertiary/aromatic N) is 2. The summed E-state index contributed by atoms with van der Waals surface area (Å²) in [7, 11) is 1.56. The van der Waals surface area contributed by atoms with Gasteiger partial charge in [-0.3, -0.25) is 4.90 Å². The normalized spacial score (nSPS) is 15.7. The maximum Gasteiger partial charge on any atom is 0.160 e. The summed E-state index contributed by atoms with van der Waals surface area (Å²) in [4.78, 5) is 4.64. The first-order chi connectivity index (χ1) is 11.2. The number of hydrogen-bond donors (Lipinski definition) is 1. The van der Waals surface area contributed by atoms with Crippen LogP contribution in [0.3, 0.4) is 0 Å². The minimum Gasteiger partial charge on any atom is -0.504 e. The molecule has 0 aromatic heterocycles. The van der Waals surface area contributed by atoms with Crippen molar-refractivity contribution in [3.05, 3.63) is 53.8 Å². The molecule has 3 rings (SSSR count). The molecule has 0 spiro atoms. The molecule has 0 aliphatic carbocycles. The van der Waals surface area contributed by atoms with Crippen LogP contribution < -0.4 is 9.64 Å². The van der Waals surface area contributed by atoms with Gasteiger partial charge < -0.3 is 14.7 Å². The minimum atomic E-state index is -0.200. The number of ether oxygens (including phenoxy) is 1. The van der Waals surface area contributed by atoms with Crippen molar-refractivity contribution >= 4 is 5.69 Å². The minimum absolute atomic E-state index is 0.164. The average molecular weight is 316 g/mol. The number of benzene rings is 2. The lowest BCUT2D eigenvalue weighted by Crippen LogP contribution is -2.45. The highest BCUT2D eigenvalue weighted by atomic mass is 19.1. The standard InChI is InChI=1S/C18H21FN2O2/c1-23-18-12-14(2-7-17(18)22)13-20-8-10-21(11-9-20)16-5-3-15(19)4-6-16/h2-7,12,22H,8-11,13H2,1H3. The van der Waals surface area contributed by atoms with E-state index >= 15 is 0 Å². The largest absolute Gasteiger partial charge is 0.504 e. The Morgan fingerprint density at radius 1 is 1.04 bits per heavy atom. The Labute approximate surface area is 135 Å². The summed E-state index contributed by atoms with van der Waals surface area (Å²) in [5.74, 6) is 0.471. The van der Waals surface area contributed by atoms with Crippen LogP contribution in [0.15, 0.2) is 42.5 Å². The summed E-state index contributed by atoms with van der Waals surface area (Å²) < 4.78 is 18.1. The van der Waals surface area contributed by atoms with Crippen molar-refractivity contribution in [3.63, 3.8) is 0 Å². The Morgan fingerprint density at radius 3 is 2.39 bits per heavy atom. The SMILES string of the molecule is COc1cc(CN2CCN(c3ccc(F)cc3)CC2)ccc1O. The van der Waals surface area contributed by atoms with E-state index in [1.165, 1.54) is 12.1 Å². The highest BCUT2D eigenvalue weighted by Crippen LogP contribution is 2.27. The fraction of sp³-hybridized carbons (Fsp3) is 0.333. The molecule has 1 aliphatic heterocycles. The van der Waals surface area contributed by atoms with Crippen LogP contribution in [-0.4, -0.2) is 43.3 Å². The molecule has 0 amide bonds. The Morgan fingerprint density at radius 2 is 1.74 bits per heavy atom. The van der Waals surface area contributed by atoms with E-state index in [0.29, 0.717) is 5.75 Å². The van der Waals surface area contributed by atoms with Gasteiger partial charge in [-0.1, -0.05) is 6.07 Å². The zero-order valence-corrected chi connectivity index (χ0v) is 13.2. The first-order valence-corrected chi connectivity index (χ1v) is 7.74. The number of aromatic hydroxyl groups is 1. The summed E-state index contributed by atoms with van der Waals surface area (Å²) in [5, 5.41) is 9.65. The van der Waals surface area contributed by atoms with E-state index in [1.54, 1.807) is 13.2 Å². The highest BCUT2D eigenvalue weighted by molar-refractivity contribution is 5.46. The number of phenolic OH excluding ortho intramolecular Hbond substituents is 1. The van der Waals surface area contributed by atoms with Crippen LogP contribution in [0, 0.1) is 5.82 Å². The number of anilines is 1. The Kier molecular flexibility index (Phi) is 4.67. The summed E-state index contributed by atoms with van der Waals surface area (Å²) in [5.41, 5.74) is 2.19. The van der Waals surface area contributed by atoms with Crippen molar-refractivity contribution in [2.45, 2.75) is 6.54 Å². The molecule has 2 aromatic rings. The number of phenols is 1. The Hall–Kier alpha value is -2.27. The number of piperazine rings is 1. The van der Waals surface area contributed by atoms with Crippen molar-refractivity contribution in [1.82, 2.24) is 4.90 Å². The van der Waals surface area contributed by atoms with Crippen LogP contribution in [0.25, 0.3) is 0 Å². The molecule has 5 heteroatoms. The van der Waals surface area contributed by atoms with E-state index in [0.717, 1.165) is 44.0 Å². The van der Waals surface area contributed by atoms with Gasteiger partial charge in [0.1, 0.15) is 5.82 Å². The van der Waals surface area contributed by atoms with Crippen molar-refractivity contribution in [2.24, 2.45) is 0 Å². The van der Waals surface area contributed by atoms with Crippen molar-refractivity contribution in [3.8, 4) is 11.5 Å². The van der Waals surface area contributed by atoms with Crippen LogP contribution in [0.1, 0.15) is 5.56 Å². The fourth-order valence-corrected chi connectivity index (χ4v) is 2.89. The van der Waals surface area contributed by atoms with Crippen LogP contribution >= 0.6 is 0 Å². The lowest BCUT2D eigenvalue weighted by atomic mass is 10.1. The zero-order chi connectivity index (χ0) is 16.2. The molecule has 122 valence electrons. The van der Waals surface area contributed by atoms with E-state index in [2.05, 4.69) is 9.80 Å². The number of halogens is 1. The van der Waals surface area contributed by atoms with Crippen molar-refractivity contribution in [1.29, 1.82) is 0 Å². The molecule has 0 atom stereocenters. The number of methoxy groups -OCH3 is 1. The third-order valence-electron chi connectivity index (χ3n) is 4.21. The van der Waals surface area contributed by atoms with Gasteiger partial charge in [-0.2, -0.15) is 0 Å². The van der Waals surface area contributed by atoms with Gasteiger partial charge in [0.15, 0.2) is 11.5 Å². The van der Waals surface area contributed by atoms with Gasteiger partial charge in [-0.05, 0) is 42.0 Å². The number of rotatable bonds is 4. The molecule has 2 aromatic carbocycles. The Balaban J connectivity index is 1.58. The van der Waals surface area contributed by atoms with E-state index in [1.807, 2.05) is 24.3 Å². The molecule has 0 bridgehead atoms. The number of hydrogen-bond acceptors (Lipinski definition) is 4. The molecule has 0 unspecified atom stereocenters. The second kappa shape index (κ2) is 6.87. The predicted octanol–water partition coefficient (Wildman–Crippen LogP) is 2.86. The average Bonchev–Trinajstić information content (AvgIpc) is 2.58. The summed E-state index contributed by atoms with van der Waals surface area (Å²) >= 11 is 0. The van der Waals surface area contributed by atoms with Crippen molar-refractivity contribution < 1.29 is 14.2 Å². The first-order valence-electron chi connectivity index (χ1n) is 7.74. The topological polar surface area (TPSA) is 35.9 Å². The second-order valence-electron chi connectivity index (χ2n) is 5.75. The maximum absolute atomic E-state index is 13.0. The summed E-state index contributed by atoms with van der Waals surface area (Å²) in [6, 6.07) is 12.1. The first kappa shape index (κ1) is 15.6. The summed E-state index contributed by atoms with van der Waals surface area (Å²) in [6.45, 7) is 4.55. The third-order valence-corrected chi connectivity index (χ3v) is 4.21. The molecule has 1 heterocycles. The fourth-order valence-electron chi connectivity index (χ4n) is 2.89. The van der Waals surface area contributed by atoms with Crippen LogP contribution in [0.2, 0.25) is 0 Å². The third kappa shape index (κ3) is 3.74. The van der Waals surface area contributed by atoms with Gasteiger partial charge in [-0.25, -0.2) is 4.39 Å². The molecule has 0 saturated carbocycles. The highest BCUT2D eigenvalue weighted by Gasteiger charge is 2.17. The van der Waals surface area contributed by atoms with Gasteiger partial charge >= 0.3 is 0 Å². The van der Waals surface area contributed by atoms with Crippen LogP contribution in [0.5, 0.6) is 11.5 Å². The monoisotopic (exact) mass is 316 g/mol. The van der Waals surface area contributed by atoms with Gasteiger partial charge in [0.05, 0.1) is 7.11 Å². The smallest absolute Gasteiger partial charge is 0.160 e. The van der Waals surface area contributed by atoms with Gasteiger partial charge in [0.25, 0.3) is 0 Å². The van der Waals surface area contributed by atoms with E-state index in [4.69, 9.17) is 4.74 Å². The van der Waals surface area contributed by atoms with Crippen LogP contribution in [0.4, 0.5) is 10.1 Å². The van der Waals surface area contributed by atoms with Gasteiger partial charge in [0, 0.05) is 38.4 Å². The van der Waals surface area contributed by atoms with Gasteiger partial charge in [0.2, 0.25) is 0 Å². The molecule has 1 saturated heterocycles. The predicted molar refractivity (Wildman–Crippen MR) is 88.5 cm³/mol. The molecule has 1 aliphatic rings. The molecule has 1 fully saturated rings. The molecule has 1 N–H and O–H groups in total. The van der Waals surface area contributed by atoms with E-state index < -0.39 is 0 Å².